The Morgan fingerprint density at radius 3 is 2.49 bits per heavy atom. The Morgan fingerprint density at radius 1 is 1.11 bits per heavy atom. The number of aromatic carboxylic acids is 1. The first-order valence-electron chi connectivity index (χ1n) is 10.6. The molecule has 1 saturated heterocycles. The highest BCUT2D eigenvalue weighted by molar-refractivity contribution is 6.30. The molecule has 2 atom stereocenters. The zero-order chi connectivity index (χ0) is 25.1. The van der Waals surface area contributed by atoms with E-state index >= 15 is 0 Å². The summed E-state index contributed by atoms with van der Waals surface area (Å²) in [6.07, 6.45) is 2.75. The van der Waals surface area contributed by atoms with Crippen LogP contribution in [0.25, 0.3) is 5.69 Å². The lowest BCUT2D eigenvalue weighted by atomic mass is 10.1. The monoisotopic (exact) mass is 500 g/mol. The quantitative estimate of drug-likeness (QED) is 0.469. The summed E-state index contributed by atoms with van der Waals surface area (Å²) < 4.78 is 21.6. The number of anilines is 2. The normalized spacial score (nSPS) is 17.3. The van der Waals surface area contributed by atoms with Crippen molar-refractivity contribution in [2.45, 2.75) is 18.6 Å². The average molecular weight is 501 g/mol. The molecule has 4 rings (SSSR count). The molecule has 0 radical (unpaired) electrons. The Hall–Kier alpha value is -3.89. The second kappa shape index (κ2) is 10.2. The van der Waals surface area contributed by atoms with Gasteiger partial charge in [0, 0.05) is 48.9 Å². The number of nitrogens with zero attached hydrogens (tertiary/aromatic N) is 2. The Morgan fingerprint density at radius 2 is 1.86 bits per heavy atom. The van der Waals surface area contributed by atoms with Crippen molar-refractivity contribution in [2.24, 2.45) is 0 Å². The molecular formula is C24H22ClFN4O5. The molecule has 0 spiro atoms. The van der Waals surface area contributed by atoms with Crippen molar-refractivity contribution in [2.75, 3.05) is 24.3 Å². The molecule has 9 nitrogen and oxygen atoms in total. The van der Waals surface area contributed by atoms with Crippen molar-refractivity contribution in [3.63, 3.8) is 0 Å². The van der Waals surface area contributed by atoms with E-state index in [1.807, 2.05) is 0 Å². The number of carboxylic acid groups (broad SMARTS) is 1. The van der Waals surface area contributed by atoms with Crippen LogP contribution in [-0.2, 0) is 9.53 Å². The lowest BCUT2D eigenvalue weighted by Gasteiger charge is -2.24. The number of likely N-dealkylation sites (tertiary alicyclic amines) is 1. The highest BCUT2D eigenvalue weighted by Crippen LogP contribution is 2.25. The zero-order valence-corrected chi connectivity index (χ0v) is 19.3. The number of benzene rings is 2. The van der Waals surface area contributed by atoms with E-state index in [2.05, 4.69) is 10.6 Å². The van der Waals surface area contributed by atoms with Crippen molar-refractivity contribution in [3.05, 3.63) is 77.3 Å². The number of ether oxygens (including phenoxy) is 1. The van der Waals surface area contributed by atoms with Gasteiger partial charge in [0.05, 0.1) is 17.4 Å². The Kier molecular flexibility index (Phi) is 7.04. The van der Waals surface area contributed by atoms with Crippen LogP contribution in [0, 0.1) is 5.82 Å². The lowest BCUT2D eigenvalue weighted by Crippen LogP contribution is -2.45. The third kappa shape index (κ3) is 5.44. The molecule has 0 aliphatic carbocycles. The fourth-order valence-corrected chi connectivity index (χ4v) is 3.96. The fourth-order valence-electron chi connectivity index (χ4n) is 3.84. The van der Waals surface area contributed by atoms with Crippen LogP contribution in [0.3, 0.4) is 0 Å². The number of halogens is 2. The maximum absolute atomic E-state index is 14.8. The standard InChI is InChI=1S/C24H22ClFN4O5/c1-35-18-11-21(30(13-18)24(34)27-16-4-2-15(25)3-5-16)22(31)28-20-7-6-17(10-19(20)26)29-9-8-14(12-29)23(32)33/h2-10,12,18,21H,11,13H2,1H3,(H,27,34)(H,28,31)(H,32,33). The number of urea groups is 1. The smallest absolute Gasteiger partial charge is 0.337 e. The molecule has 2 aromatic carbocycles. The highest BCUT2D eigenvalue weighted by Gasteiger charge is 2.40. The summed E-state index contributed by atoms with van der Waals surface area (Å²) in [6.45, 7) is 0.189. The van der Waals surface area contributed by atoms with Crippen molar-refractivity contribution >= 4 is 40.9 Å². The van der Waals surface area contributed by atoms with Crippen LogP contribution in [0.15, 0.2) is 60.9 Å². The number of nitrogens with one attached hydrogen (secondary N) is 2. The lowest BCUT2D eigenvalue weighted by molar-refractivity contribution is -0.119. The van der Waals surface area contributed by atoms with Gasteiger partial charge >= 0.3 is 12.0 Å². The molecule has 1 aromatic heterocycles. The molecule has 1 fully saturated rings. The molecule has 1 aliphatic heterocycles. The zero-order valence-electron chi connectivity index (χ0n) is 18.6. The van der Waals surface area contributed by atoms with Gasteiger partial charge in [-0.05, 0) is 48.5 Å². The molecule has 3 aromatic rings. The van der Waals surface area contributed by atoms with E-state index in [0.717, 1.165) is 0 Å². The third-order valence-electron chi connectivity index (χ3n) is 5.70. The summed E-state index contributed by atoms with van der Waals surface area (Å²) in [7, 11) is 1.50. The molecule has 11 heteroatoms. The number of carbonyl (C=O) groups excluding carboxylic acids is 2. The van der Waals surface area contributed by atoms with Crippen LogP contribution in [0.2, 0.25) is 5.02 Å². The topological polar surface area (TPSA) is 113 Å². The van der Waals surface area contributed by atoms with Gasteiger partial charge in [-0.2, -0.15) is 0 Å². The minimum Gasteiger partial charge on any atom is -0.478 e. The molecule has 3 amide bonds. The number of hydrogen-bond acceptors (Lipinski definition) is 4. The first-order valence-corrected chi connectivity index (χ1v) is 11.0. The fraction of sp³-hybridized carbons (Fsp3) is 0.208. The molecule has 182 valence electrons. The SMILES string of the molecule is COC1CC(C(=O)Nc2ccc(-n3ccc(C(=O)O)c3)cc2F)N(C(=O)Nc2ccc(Cl)cc2)C1. The third-order valence-corrected chi connectivity index (χ3v) is 5.96. The largest absolute Gasteiger partial charge is 0.478 e. The number of rotatable bonds is 6. The second-order valence-corrected chi connectivity index (χ2v) is 8.40. The number of carboxylic acids is 1. The molecule has 1 aliphatic rings. The van der Waals surface area contributed by atoms with Crippen LogP contribution < -0.4 is 10.6 Å². The summed E-state index contributed by atoms with van der Waals surface area (Å²) in [5.41, 5.74) is 0.895. The minimum absolute atomic E-state index is 0.0636. The van der Waals surface area contributed by atoms with E-state index in [1.165, 1.54) is 47.2 Å². The van der Waals surface area contributed by atoms with Crippen molar-refractivity contribution in [1.29, 1.82) is 0 Å². The van der Waals surface area contributed by atoms with E-state index < -0.39 is 29.8 Å². The van der Waals surface area contributed by atoms with Gasteiger partial charge in [-0.1, -0.05) is 11.6 Å². The van der Waals surface area contributed by atoms with Crippen LogP contribution in [0.5, 0.6) is 0 Å². The van der Waals surface area contributed by atoms with E-state index in [0.29, 0.717) is 16.4 Å². The molecule has 3 N–H and O–H groups in total. The number of amides is 3. The molecule has 2 unspecified atom stereocenters. The maximum Gasteiger partial charge on any atom is 0.337 e. The van der Waals surface area contributed by atoms with Gasteiger partial charge < -0.3 is 29.9 Å². The van der Waals surface area contributed by atoms with Crippen molar-refractivity contribution in [1.82, 2.24) is 9.47 Å². The molecule has 2 heterocycles. The van der Waals surface area contributed by atoms with E-state index in [-0.39, 0.29) is 30.3 Å². The number of carbonyl (C=O) groups is 3. The Labute approximate surface area is 205 Å². The van der Waals surface area contributed by atoms with Gasteiger partial charge in [0.15, 0.2) is 0 Å². The van der Waals surface area contributed by atoms with E-state index in [9.17, 15) is 18.8 Å². The molecule has 0 saturated carbocycles. The van der Waals surface area contributed by atoms with Crippen LogP contribution in [-0.4, -0.2) is 58.3 Å². The summed E-state index contributed by atoms with van der Waals surface area (Å²) in [5.74, 6) is -2.36. The number of methoxy groups -OCH3 is 1. The van der Waals surface area contributed by atoms with Gasteiger partial charge in [-0.25, -0.2) is 14.0 Å². The van der Waals surface area contributed by atoms with Gasteiger partial charge in [0.2, 0.25) is 5.91 Å². The predicted molar refractivity (Wildman–Crippen MR) is 128 cm³/mol. The summed E-state index contributed by atoms with van der Waals surface area (Å²) in [6, 6.07) is 10.7. The van der Waals surface area contributed by atoms with E-state index in [1.54, 1.807) is 30.3 Å². The highest BCUT2D eigenvalue weighted by atomic mass is 35.5. The van der Waals surface area contributed by atoms with Crippen molar-refractivity contribution < 1.29 is 28.6 Å². The Bertz CT molecular complexity index is 1260. The minimum atomic E-state index is -1.09. The summed E-state index contributed by atoms with van der Waals surface area (Å²) in [4.78, 5) is 38.3. The van der Waals surface area contributed by atoms with Crippen LogP contribution in [0.4, 0.5) is 20.6 Å². The average Bonchev–Trinajstić information content (AvgIpc) is 3.50. The Balaban J connectivity index is 1.48. The summed E-state index contributed by atoms with van der Waals surface area (Å²) >= 11 is 5.88. The van der Waals surface area contributed by atoms with Gasteiger partial charge in [0.25, 0.3) is 0 Å². The molecule has 0 bridgehead atoms. The van der Waals surface area contributed by atoms with Gasteiger partial charge in [0.1, 0.15) is 11.9 Å². The molecular weight excluding hydrogens is 479 g/mol. The predicted octanol–water partition coefficient (Wildman–Crippen LogP) is 4.23. The maximum atomic E-state index is 14.8. The second-order valence-electron chi connectivity index (χ2n) is 7.96. The van der Waals surface area contributed by atoms with Crippen molar-refractivity contribution in [3.8, 4) is 5.69 Å². The number of aromatic nitrogens is 1. The first kappa shape index (κ1) is 24.2. The number of hydrogen-bond donors (Lipinski definition) is 3. The van der Waals surface area contributed by atoms with Crippen LogP contribution in [0.1, 0.15) is 16.8 Å². The van der Waals surface area contributed by atoms with Crippen LogP contribution >= 0.6 is 11.6 Å². The summed E-state index contributed by atoms with van der Waals surface area (Å²) in [5, 5.41) is 14.8. The molecule has 35 heavy (non-hydrogen) atoms. The van der Waals surface area contributed by atoms with E-state index in [4.69, 9.17) is 21.4 Å². The first-order chi connectivity index (χ1) is 16.7. The van der Waals surface area contributed by atoms with Gasteiger partial charge in [-0.3, -0.25) is 4.79 Å². The van der Waals surface area contributed by atoms with Gasteiger partial charge in [-0.15, -0.1) is 0 Å².